The van der Waals surface area contributed by atoms with Gasteiger partial charge in [-0.3, -0.25) is 14.6 Å². The summed E-state index contributed by atoms with van der Waals surface area (Å²) < 4.78 is 0. The summed E-state index contributed by atoms with van der Waals surface area (Å²) in [5, 5.41) is 0.822. The van der Waals surface area contributed by atoms with Crippen LogP contribution in [0.4, 0.5) is 4.79 Å². The molecule has 3 aliphatic heterocycles. The lowest BCUT2D eigenvalue weighted by Crippen LogP contribution is -2.64. The summed E-state index contributed by atoms with van der Waals surface area (Å²) in [4.78, 5) is 41.0. The number of likely N-dealkylation sites (N-methyl/N-ethyl adjacent to an activating group) is 2. The van der Waals surface area contributed by atoms with E-state index in [4.69, 9.17) is 28.2 Å². The molecule has 0 spiro atoms. The lowest BCUT2D eigenvalue weighted by Gasteiger charge is -2.40. The van der Waals surface area contributed by atoms with E-state index in [9.17, 15) is 9.59 Å². The molecule has 4 rings (SSSR count). The van der Waals surface area contributed by atoms with Crippen molar-refractivity contribution in [3.8, 4) is 0 Å². The van der Waals surface area contributed by atoms with Crippen LogP contribution in [-0.4, -0.2) is 87.8 Å². The van der Waals surface area contributed by atoms with Gasteiger partial charge in [0.25, 0.3) is 5.91 Å². The number of aliphatic imine (C=N–C) groups is 1. The molecule has 0 aromatic heterocycles. The standard InChI is InChI=1S/C23H30Cl2N6O2/c1-6-28(7-2)10-11-29-14(3)15(4)31-19-20(26-22(29)31)27(5)23(33)30(21(19)32)13-16-8-9-17(24)18(25)12-16/h8-9,12,19-20H,6-7,10-11,13H2,1-5H3. The molecule has 0 N–H and O–H groups in total. The van der Waals surface area contributed by atoms with Crippen LogP contribution in [0, 0.1) is 0 Å². The van der Waals surface area contributed by atoms with Crippen molar-refractivity contribution in [1.29, 1.82) is 0 Å². The van der Waals surface area contributed by atoms with Crippen LogP contribution in [-0.2, 0) is 11.3 Å². The molecule has 0 aliphatic carbocycles. The Morgan fingerprint density at radius 2 is 1.73 bits per heavy atom. The second-order valence-electron chi connectivity index (χ2n) is 8.57. The van der Waals surface area contributed by atoms with Crippen LogP contribution >= 0.6 is 23.2 Å². The first-order valence-corrected chi connectivity index (χ1v) is 12.0. The number of benzene rings is 1. The van der Waals surface area contributed by atoms with Crippen molar-refractivity contribution in [1.82, 2.24) is 24.5 Å². The van der Waals surface area contributed by atoms with Gasteiger partial charge in [-0.05, 0) is 44.6 Å². The maximum absolute atomic E-state index is 13.6. The number of hydrogen-bond acceptors (Lipinski definition) is 6. The Morgan fingerprint density at radius 3 is 2.36 bits per heavy atom. The lowest BCUT2D eigenvalue weighted by molar-refractivity contribution is -0.137. The highest BCUT2D eigenvalue weighted by atomic mass is 35.5. The van der Waals surface area contributed by atoms with Gasteiger partial charge in [0.05, 0.1) is 16.6 Å². The first-order chi connectivity index (χ1) is 15.7. The Morgan fingerprint density at radius 1 is 1.03 bits per heavy atom. The molecule has 0 saturated carbocycles. The lowest BCUT2D eigenvalue weighted by atomic mass is 10.1. The van der Waals surface area contributed by atoms with Gasteiger partial charge in [-0.2, -0.15) is 0 Å². The minimum Gasteiger partial charge on any atom is -0.313 e. The number of hydrogen-bond donors (Lipinski definition) is 0. The number of rotatable bonds is 7. The van der Waals surface area contributed by atoms with Gasteiger partial charge in [-0.15, -0.1) is 0 Å². The van der Waals surface area contributed by atoms with Crippen LogP contribution in [0.1, 0.15) is 33.3 Å². The summed E-state index contributed by atoms with van der Waals surface area (Å²) in [6.07, 6.45) is -0.552. The third-order valence-corrected chi connectivity index (χ3v) is 7.60. The molecule has 1 saturated heterocycles. The molecule has 2 unspecified atom stereocenters. The average Bonchev–Trinajstić information content (AvgIpc) is 3.29. The van der Waals surface area contributed by atoms with Crippen molar-refractivity contribution in [2.75, 3.05) is 33.2 Å². The first kappa shape index (κ1) is 23.9. The van der Waals surface area contributed by atoms with Crippen LogP contribution in [0.15, 0.2) is 34.6 Å². The number of urea groups is 1. The fourth-order valence-corrected chi connectivity index (χ4v) is 5.02. The van der Waals surface area contributed by atoms with Gasteiger partial charge in [-0.25, -0.2) is 9.79 Å². The molecule has 2 atom stereocenters. The molecule has 3 aliphatic rings. The van der Waals surface area contributed by atoms with E-state index in [0.717, 1.165) is 49.1 Å². The fourth-order valence-electron chi connectivity index (χ4n) is 4.70. The van der Waals surface area contributed by atoms with E-state index in [1.54, 1.807) is 30.1 Å². The second kappa shape index (κ2) is 9.16. The minimum atomic E-state index is -0.584. The largest absolute Gasteiger partial charge is 0.328 e. The van der Waals surface area contributed by atoms with E-state index in [1.807, 2.05) is 11.8 Å². The molecule has 3 amide bonds. The topological polar surface area (TPSA) is 62.7 Å². The van der Waals surface area contributed by atoms with Gasteiger partial charge in [0.1, 0.15) is 0 Å². The Kier molecular flexibility index (Phi) is 6.62. The van der Waals surface area contributed by atoms with Gasteiger partial charge >= 0.3 is 6.03 Å². The molecule has 178 valence electrons. The predicted octanol–water partition coefficient (Wildman–Crippen LogP) is 3.66. The number of allylic oxidation sites excluding steroid dienone is 2. The Hall–Kier alpha value is -2.29. The van der Waals surface area contributed by atoms with Gasteiger partial charge in [0.15, 0.2) is 12.2 Å². The average molecular weight is 493 g/mol. The van der Waals surface area contributed by atoms with Crippen molar-refractivity contribution >= 4 is 41.1 Å². The zero-order valence-electron chi connectivity index (χ0n) is 19.7. The summed E-state index contributed by atoms with van der Waals surface area (Å²) in [6, 6.07) is 4.18. The highest BCUT2D eigenvalue weighted by Crippen LogP contribution is 2.38. The Labute approximate surface area is 205 Å². The van der Waals surface area contributed by atoms with Crippen LogP contribution in [0.2, 0.25) is 10.0 Å². The number of guanidine groups is 1. The molecule has 10 heteroatoms. The second-order valence-corrected chi connectivity index (χ2v) is 9.39. The van der Waals surface area contributed by atoms with Crippen LogP contribution in [0.25, 0.3) is 0 Å². The van der Waals surface area contributed by atoms with E-state index >= 15 is 0 Å². The molecular weight excluding hydrogens is 463 g/mol. The number of imide groups is 1. The van der Waals surface area contributed by atoms with Gasteiger partial charge in [0, 0.05) is 31.5 Å². The highest BCUT2D eigenvalue weighted by Gasteiger charge is 2.55. The summed E-state index contributed by atoms with van der Waals surface area (Å²) in [7, 11) is 1.70. The predicted molar refractivity (Wildman–Crippen MR) is 130 cm³/mol. The quantitative estimate of drug-likeness (QED) is 0.580. The smallest absolute Gasteiger partial charge is 0.313 e. The molecule has 8 nitrogen and oxygen atoms in total. The number of halogens is 2. The molecule has 1 aromatic carbocycles. The third kappa shape index (κ3) is 3.98. The monoisotopic (exact) mass is 492 g/mol. The summed E-state index contributed by atoms with van der Waals surface area (Å²) in [5.74, 6) is 0.488. The summed E-state index contributed by atoms with van der Waals surface area (Å²) >= 11 is 12.2. The number of carbonyl (C=O) groups is 2. The Bertz CT molecular complexity index is 1040. The fraction of sp³-hybridized carbons (Fsp3) is 0.522. The van der Waals surface area contributed by atoms with E-state index < -0.39 is 12.2 Å². The first-order valence-electron chi connectivity index (χ1n) is 11.3. The minimum absolute atomic E-state index is 0.124. The van der Waals surface area contributed by atoms with E-state index in [0.29, 0.717) is 10.0 Å². The van der Waals surface area contributed by atoms with Crippen LogP contribution in [0.3, 0.4) is 0 Å². The normalized spacial score (nSPS) is 22.6. The number of amides is 3. The third-order valence-electron chi connectivity index (χ3n) is 6.86. The van der Waals surface area contributed by atoms with Crippen molar-refractivity contribution in [3.63, 3.8) is 0 Å². The number of fused-ring (bicyclic) bond motifs is 3. The van der Waals surface area contributed by atoms with E-state index in [1.165, 1.54) is 4.90 Å². The highest BCUT2D eigenvalue weighted by molar-refractivity contribution is 6.42. The zero-order chi connectivity index (χ0) is 24.0. The van der Waals surface area contributed by atoms with Gasteiger partial charge in [-0.1, -0.05) is 43.1 Å². The van der Waals surface area contributed by atoms with Crippen molar-refractivity contribution in [2.45, 2.75) is 46.4 Å². The van der Waals surface area contributed by atoms with Crippen LogP contribution < -0.4 is 0 Å². The SMILES string of the molecule is CCN(CC)CCN1C2=NC3C(C(=O)N(Cc4ccc(Cl)c(Cl)c4)C(=O)N3C)N2C(C)=C1C. The molecule has 1 fully saturated rings. The maximum atomic E-state index is 13.6. The van der Waals surface area contributed by atoms with E-state index in [-0.39, 0.29) is 18.5 Å². The molecule has 3 heterocycles. The van der Waals surface area contributed by atoms with Gasteiger partial charge < -0.3 is 14.7 Å². The number of carbonyl (C=O) groups excluding carboxylic acids is 2. The van der Waals surface area contributed by atoms with Gasteiger partial charge in [0.2, 0.25) is 5.96 Å². The molecule has 33 heavy (non-hydrogen) atoms. The van der Waals surface area contributed by atoms with Crippen molar-refractivity contribution in [2.24, 2.45) is 4.99 Å². The van der Waals surface area contributed by atoms with Crippen molar-refractivity contribution in [3.05, 3.63) is 45.2 Å². The zero-order valence-corrected chi connectivity index (χ0v) is 21.2. The summed E-state index contributed by atoms with van der Waals surface area (Å²) in [6.45, 7) is 12.1. The van der Waals surface area contributed by atoms with Crippen LogP contribution in [0.5, 0.6) is 0 Å². The summed E-state index contributed by atoms with van der Waals surface area (Å²) in [5.41, 5.74) is 2.82. The van der Waals surface area contributed by atoms with E-state index in [2.05, 4.69) is 30.6 Å². The molecule has 0 bridgehead atoms. The maximum Gasteiger partial charge on any atom is 0.328 e. The van der Waals surface area contributed by atoms with Crippen molar-refractivity contribution < 1.29 is 9.59 Å². The molecular formula is C23H30Cl2N6O2. The molecule has 1 aromatic rings. The number of nitrogens with zero attached hydrogens (tertiary/aromatic N) is 6. The Balaban J connectivity index is 1.60. The molecule has 0 radical (unpaired) electrons.